The van der Waals surface area contributed by atoms with Gasteiger partial charge in [-0.05, 0) is 97.4 Å². The van der Waals surface area contributed by atoms with E-state index in [-0.39, 0.29) is 22.0 Å². The zero-order valence-corrected chi connectivity index (χ0v) is 23.6. The third-order valence-electron chi connectivity index (χ3n) is 6.94. The van der Waals surface area contributed by atoms with Crippen LogP contribution in [0.1, 0.15) is 104 Å². The van der Waals surface area contributed by atoms with Crippen molar-refractivity contribution in [3.05, 3.63) is 29.3 Å². The Morgan fingerprint density at radius 2 is 1.71 bits per heavy atom. The van der Waals surface area contributed by atoms with Gasteiger partial charge in [0.1, 0.15) is 5.75 Å². The summed E-state index contributed by atoms with van der Waals surface area (Å²) in [5.41, 5.74) is 2.89. The molecule has 0 radical (unpaired) electrons. The predicted octanol–water partition coefficient (Wildman–Crippen LogP) is 7.42. The molecule has 6 heteroatoms. The maximum atomic E-state index is 9.58. The Morgan fingerprint density at radius 1 is 1.03 bits per heavy atom. The number of hydrogen-bond donors (Lipinski definition) is 3. The molecule has 2 unspecified atom stereocenters. The number of rotatable bonds is 12. The number of thiocarbonyl (C=S) groups is 2. The fourth-order valence-electron chi connectivity index (χ4n) is 5.81. The second-order valence-electron chi connectivity index (χ2n) is 11.3. The summed E-state index contributed by atoms with van der Waals surface area (Å²) in [5, 5.41) is 16.4. The van der Waals surface area contributed by atoms with E-state index in [4.69, 9.17) is 29.2 Å². The fraction of sp³-hybridized carbons (Fsp3) is 0.714. The van der Waals surface area contributed by atoms with Crippen LogP contribution in [-0.2, 0) is 12.8 Å². The molecule has 192 valence electrons. The van der Waals surface area contributed by atoms with Crippen molar-refractivity contribution in [2.75, 3.05) is 6.54 Å². The lowest BCUT2D eigenvalue weighted by atomic mass is 9.62. The molecule has 1 aromatic carbocycles. The molecule has 0 bridgehead atoms. The average molecular weight is 507 g/mol. The zero-order valence-electron chi connectivity index (χ0n) is 22.0. The number of aliphatic hydroxyl groups is 1. The normalized spacial score (nSPS) is 21.6. The van der Waals surface area contributed by atoms with Crippen LogP contribution < -0.4 is 15.4 Å². The van der Waals surface area contributed by atoms with Crippen molar-refractivity contribution in [2.45, 2.75) is 111 Å². The highest BCUT2D eigenvalue weighted by Gasteiger charge is 2.41. The Balaban J connectivity index is 2.06. The summed E-state index contributed by atoms with van der Waals surface area (Å²) in [6.07, 6.45) is 12.4. The van der Waals surface area contributed by atoms with Crippen LogP contribution in [0.25, 0.3) is 0 Å². The van der Waals surface area contributed by atoms with Gasteiger partial charge < -0.3 is 20.5 Å². The van der Waals surface area contributed by atoms with Crippen LogP contribution in [0.2, 0.25) is 0 Å². The molecule has 0 aromatic heterocycles. The summed E-state index contributed by atoms with van der Waals surface area (Å²) >= 11 is 10.5. The molecular weight excluding hydrogens is 460 g/mol. The smallest absolute Gasteiger partial charge is 0.262 e. The maximum Gasteiger partial charge on any atom is 0.262 e. The van der Waals surface area contributed by atoms with Gasteiger partial charge in [-0.1, -0.05) is 72.4 Å². The molecule has 4 nitrogen and oxygen atoms in total. The third-order valence-corrected chi connectivity index (χ3v) is 7.29. The number of ether oxygens (including phenoxy) is 1. The van der Waals surface area contributed by atoms with Crippen molar-refractivity contribution in [1.29, 1.82) is 0 Å². The van der Waals surface area contributed by atoms with E-state index in [1.165, 1.54) is 49.7 Å². The van der Waals surface area contributed by atoms with Crippen molar-refractivity contribution in [3.63, 3.8) is 0 Å². The van der Waals surface area contributed by atoms with E-state index in [0.717, 1.165) is 44.4 Å². The Kier molecular flexibility index (Phi) is 11.6. The molecule has 0 spiro atoms. The Bertz CT molecular complexity index is 812. The fourth-order valence-corrected chi connectivity index (χ4v) is 6.14. The zero-order chi connectivity index (χ0) is 25.2. The van der Waals surface area contributed by atoms with Crippen LogP contribution in [0.15, 0.2) is 18.2 Å². The van der Waals surface area contributed by atoms with Gasteiger partial charge in [-0.25, -0.2) is 0 Å². The van der Waals surface area contributed by atoms with E-state index in [0.29, 0.717) is 5.17 Å². The summed E-state index contributed by atoms with van der Waals surface area (Å²) in [6, 6.07) is 6.57. The van der Waals surface area contributed by atoms with E-state index < -0.39 is 0 Å². The van der Waals surface area contributed by atoms with Crippen molar-refractivity contribution >= 4 is 34.8 Å². The summed E-state index contributed by atoms with van der Waals surface area (Å²) in [5.74, 6) is 0.905. The minimum Gasteiger partial charge on any atom is -0.487 e. The lowest BCUT2D eigenvalue weighted by Gasteiger charge is -2.47. The lowest BCUT2D eigenvalue weighted by Crippen LogP contribution is -2.50. The molecule has 1 aliphatic rings. The first-order chi connectivity index (χ1) is 16.1. The molecule has 1 fully saturated rings. The molecular formula is C28H46N2O2S2. The van der Waals surface area contributed by atoms with Gasteiger partial charge in [0.05, 0.1) is 0 Å². The second kappa shape index (κ2) is 13.6. The predicted molar refractivity (Wildman–Crippen MR) is 152 cm³/mol. The highest BCUT2D eigenvalue weighted by atomic mass is 32.1. The highest BCUT2D eigenvalue weighted by molar-refractivity contribution is 7.80. The van der Waals surface area contributed by atoms with Crippen molar-refractivity contribution in [3.8, 4) is 5.75 Å². The van der Waals surface area contributed by atoms with Crippen LogP contribution in [-0.4, -0.2) is 28.0 Å². The SMILES string of the molecule is CCCCCc1cccc(OC(=S)NCC2(C)CC(NC(O)=S)CC(C)(C)C2)c1CCCCC. The number of aliphatic hydroxyl groups excluding tert-OH is 1. The quantitative estimate of drug-likeness (QED) is 0.202. The molecule has 0 heterocycles. The van der Waals surface area contributed by atoms with Crippen molar-refractivity contribution in [1.82, 2.24) is 10.6 Å². The topological polar surface area (TPSA) is 53.5 Å². The first-order valence-electron chi connectivity index (χ1n) is 13.1. The number of aryl methyl sites for hydroxylation is 1. The van der Waals surface area contributed by atoms with E-state index in [1.807, 2.05) is 0 Å². The average Bonchev–Trinajstić information content (AvgIpc) is 2.72. The van der Waals surface area contributed by atoms with Crippen LogP contribution in [0, 0.1) is 10.8 Å². The maximum absolute atomic E-state index is 9.58. The molecule has 1 aromatic rings. The van der Waals surface area contributed by atoms with Gasteiger partial charge in [-0.3, -0.25) is 0 Å². The standard InChI is InChI=1S/C28H46N2O2S2/c1-6-8-10-13-21-14-12-16-24(23(21)15-11-9-7-2)32-26(34)29-20-28(5)18-22(30-25(31)33)17-27(3,4)19-28/h12,14,16,22H,6-11,13,15,17-20H2,1-5H3,(H,29,34)(H2,30,31,33). The Morgan fingerprint density at radius 3 is 2.35 bits per heavy atom. The van der Waals surface area contributed by atoms with Crippen LogP contribution in [0.5, 0.6) is 5.75 Å². The number of unbranched alkanes of at least 4 members (excludes halogenated alkanes) is 4. The highest BCUT2D eigenvalue weighted by Crippen LogP contribution is 2.45. The number of nitrogens with one attached hydrogen (secondary N) is 2. The van der Waals surface area contributed by atoms with E-state index in [2.05, 4.69) is 63.5 Å². The Hall–Kier alpha value is -1.40. The summed E-state index contributed by atoms with van der Waals surface area (Å²) in [7, 11) is 0. The van der Waals surface area contributed by atoms with E-state index in [9.17, 15) is 5.11 Å². The van der Waals surface area contributed by atoms with Gasteiger partial charge in [0, 0.05) is 12.6 Å². The van der Waals surface area contributed by atoms with Gasteiger partial charge in [-0.2, -0.15) is 0 Å². The molecule has 0 amide bonds. The first-order valence-corrected chi connectivity index (χ1v) is 13.9. The van der Waals surface area contributed by atoms with E-state index in [1.54, 1.807) is 0 Å². The monoisotopic (exact) mass is 506 g/mol. The van der Waals surface area contributed by atoms with Gasteiger partial charge in [0.2, 0.25) is 0 Å². The van der Waals surface area contributed by atoms with E-state index >= 15 is 0 Å². The van der Waals surface area contributed by atoms with Gasteiger partial charge in [-0.15, -0.1) is 0 Å². The van der Waals surface area contributed by atoms with Gasteiger partial charge in [0.15, 0.2) is 0 Å². The minimum atomic E-state index is -0.119. The summed E-state index contributed by atoms with van der Waals surface area (Å²) in [4.78, 5) is 0. The van der Waals surface area contributed by atoms with Crippen molar-refractivity contribution in [2.24, 2.45) is 10.8 Å². The molecule has 3 N–H and O–H groups in total. The Labute approximate surface area is 218 Å². The van der Waals surface area contributed by atoms with Crippen LogP contribution >= 0.6 is 24.4 Å². The van der Waals surface area contributed by atoms with Gasteiger partial charge in [0.25, 0.3) is 10.3 Å². The summed E-state index contributed by atoms with van der Waals surface area (Å²) in [6.45, 7) is 12.1. The molecule has 2 rings (SSSR count). The van der Waals surface area contributed by atoms with Crippen LogP contribution in [0.3, 0.4) is 0 Å². The third kappa shape index (κ3) is 9.69. The lowest BCUT2D eigenvalue weighted by molar-refractivity contribution is 0.0785. The first kappa shape index (κ1) is 28.8. The van der Waals surface area contributed by atoms with Crippen molar-refractivity contribution < 1.29 is 9.84 Å². The molecule has 0 saturated heterocycles. The molecule has 34 heavy (non-hydrogen) atoms. The molecule has 2 atom stereocenters. The number of benzene rings is 1. The van der Waals surface area contributed by atoms with Crippen LogP contribution in [0.4, 0.5) is 0 Å². The summed E-state index contributed by atoms with van der Waals surface area (Å²) < 4.78 is 6.25. The van der Waals surface area contributed by atoms with Gasteiger partial charge >= 0.3 is 0 Å². The number of hydrogen-bond acceptors (Lipinski definition) is 3. The molecule has 1 aliphatic carbocycles. The molecule has 0 aliphatic heterocycles. The second-order valence-corrected chi connectivity index (χ2v) is 12.0. The largest absolute Gasteiger partial charge is 0.487 e. The molecule has 1 saturated carbocycles. The minimum absolute atomic E-state index is 0.0174.